The van der Waals surface area contributed by atoms with Gasteiger partial charge in [-0.05, 0) is 44.0 Å². The van der Waals surface area contributed by atoms with Crippen molar-refractivity contribution in [3.05, 3.63) is 83.0 Å². The van der Waals surface area contributed by atoms with Gasteiger partial charge in [-0.3, -0.25) is 4.79 Å². The fraction of sp³-hybridized carbons (Fsp3) is 0.217. The number of hydrogen-bond acceptors (Lipinski definition) is 5. The summed E-state index contributed by atoms with van der Waals surface area (Å²) in [6, 6.07) is 17.5. The Balaban J connectivity index is 1.54. The van der Waals surface area contributed by atoms with Crippen LogP contribution in [0, 0.1) is 13.8 Å². The Hall–Kier alpha value is -3.74. The monoisotopic (exact) mass is 401 g/mol. The standard InChI is InChI=1S/C23H23N5O2/c1-4-17-10-8-9-13-19(17)24-22(29)21-15(2)28(27-26-21)14-20-16(3)30-23(25-20)18-11-6-5-7-12-18/h5-13H,4,14H2,1-3H3,(H,24,29). The molecule has 2 aromatic heterocycles. The highest BCUT2D eigenvalue weighted by atomic mass is 16.4. The molecule has 0 spiro atoms. The van der Waals surface area contributed by atoms with Crippen LogP contribution in [0.25, 0.3) is 11.5 Å². The van der Waals surface area contributed by atoms with Gasteiger partial charge in [0.15, 0.2) is 5.69 Å². The van der Waals surface area contributed by atoms with Crippen molar-refractivity contribution in [2.24, 2.45) is 0 Å². The molecule has 0 saturated heterocycles. The summed E-state index contributed by atoms with van der Waals surface area (Å²) in [4.78, 5) is 17.4. The summed E-state index contributed by atoms with van der Waals surface area (Å²) in [5.74, 6) is 1.00. The highest BCUT2D eigenvalue weighted by Gasteiger charge is 2.19. The van der Waals surface area contributed by atoms with E-state index in [1.165, 1.54) is 0 Å². The first kappa shape index (κ1) is 19.6. The molecule has 7 heteroatoms. The first-order valence-corrected chi connectivity index (χ1v) is 9.88. The summed E-state index contributed by atoms with van der Waals surface area (Å²) in [5, 5.41) is 11.2. The van der Waals surface area contributed by atoms with Crippen LogP contribution in [0.1, 0.15) is 40.1 Å². The van der Waals surface area contributed by atoms with Gasteiger partial charge in [0, 0.05) is 11.3 Å². The Kier molecular flexibility index (Phi) is 5.43. The van der Waals surface area contributed by atoms with Gasteiger partial charge >= 0.3 is 0 Å². The Bertz CT molecular complexity index is 1180. The molecular formula is C23H23N5O2. The van der Waals surface area contributed by atoms with E-state index in [0.717, 1.165) is 28.9 Å². The quantitative estimate of drug-likeness (QED) is 0.517. The fourth-order valence-electron chi connectivity index (χ4n) is 3.27. The van der Waals surface area contributed by atoms with Gasteiger partial charge in [-0.2, -0.15) is 0 Å². The molecule has 152 valence electrons. The number of benzene rings is 2. The van der Waals surface area contributed by atoms with Crippen LogP contribution in [0.4, 0.5) is 5.69 Å². The maximum atomic E-state index is 12.8. The summed E-state index contributed by atoms with van der Waals surface area (Å²) in [7, 11) is 0. The topological polar surface area (TPSA) is 85.8 Å². The van der Waals surface area contributed by atoms with E-state index in [0.29, 0.717) is 29.6 Å². The van der Waals surface area contributed by atoms with E-state index in [2.05, 4.69) is 27.5 Å². The number of nitrogens with one attached hydrogen (secondary N) is 1. The largest absolute Gasteiger partial charge is 0.441 e. The molecule has 2 heterocycles. The van der Waals surface area contributed by atoms with Gasteiger partial charge in [-0.15, -0.1) is 5.10 Å². The molecule has 0 saturated carbocycles. The van der Waals surface area contributed by atoms with E-state index in [1.807, 2.05) is 68.4 Å². The first-order chi connectivity index (χ1) is 14.6. The molecule has 0 bridgehead atoms. The van der Waals surface area contributed by atoms with Crippen molar-refractivity contribution >= 4 is 11.6 Å². The van der Waals surface area contributed by atoms with E-state index in [-0.39, 0.29) is 5.91 Å². The molecule has 0 radical (unpaired) electrons. The molecule has 0 fully saturated rings. The van der Waals surface area contributed by atoms with Crippen molar-refractivity contribution in [3.63, 3.8) is 0 Å². The molecule has 2 aromatic carbocycles. The van der Waals surface area contributed by atoms with E-state index in [1.54, 1.807) is 4.68 Å². The van der Waals surface area contributed by atoms with Crippen LogP contribution in [-0.4, -0.2) is 25.9 Å². The average Bonchev–Trinajstić information content (AvgIpc) is 3.32. The lowest BCUT2D eigenvalue weighted by atomic mass is 10.1. The third-order valence-corrected chi connectivity index (χ3v) is 5.06. The van der Waals surface area contributed by atoms with Crippen molar-refractivity contribution in [1.29, 1.82) is 0 Å². The van der Waals surface area contributed by atoms with Gasteiger partial charge in [-0.25, -0.2) is 9.67 Å². The molecule has 0 aliphatic carbocycles. The van der Waals surface area contributed by atoms with Crippen LogP contribution in [0.2, 0.25) is 0 Å². The lowest BCUT2D eigenvalue weighted by Crippen LogP contribution is -2.15. The summed E-state index contributed by atoms with van der Waals surface area (Å²) in [6.45, 7) is 6.13. The number of anilines is 1. The van der Waals surface area contributed by atoms with Crippen molar-refractivity contribution in [2.45, 2.75) is 33.7 Å². The van der Waals surface area contributed by atoms with Crippen molar-refractivity contribution in [3.8, 4) is 11.5 Å². The number of carbonyl (C=O) groups excluding carboxylic acids is 1. The first-order valence-electron chi connectivity index (χ1n) is 9.88. The lowest BCUT2D eigenvalue weighted by Gasteiger charge is -2.08. The van der Waals surface area contributed by atoms with Crippen LogP contribution >= 0.6 is 0 Å². The van der Waals surface area contributed by atoms with Crippen LogP contribution in [-0.2, 0) is 13.0 Å². The van der Waals surface area contributed by atoms with Crippen LogP contribution in [0.15, 0.2) is 59.0 Å². The fourth-order valence-corrected chi connectivity index (χ4v) is 3.27. The van der Waals surface area contributed by atoms with Gasteiger partial charge in [0.1, 0.15) is 11.5 Å². The second kappa shape index (κ2) is 8.32. The minimum absolute atomic E-state index is 0.276. The molecule has 0 aliphatic heterocycles. The summed E-state index contributed by atoms with van der Waals surface area (Å²) < 4.78 is 7.49. The van der Waals surface area contributed by atoms with E-state index >= 15 is 0 Å². The molecule has 7 nitrogen and oxygen atoms in total. The number of amides is 1. The minimum atomic E-state index is -0.276. The van der Waals surface area contributed by atoms with Crippen molar-refractivity contribution in [1.82, 2.24) is 20.0 Å². The predicted octanol–water partition coefficient (Wildman–Crippen LogP) is 4.41. The Morgan fingerprint density at radius 2 is 1.80 bits per heavy atom. The predicted molar refractivity (Wildman–Crippen MR) is 114 cm³/mol. The molecule has 4 aromatic rings. The van der Waals surface area contributed by atoms with Crippen molar-refractivity contribution in [2.75, 3.05) is 5.32 Å². The maximum absolute atomic E-state index is 12.8. The van der Waals surface area contributed by atoms with Crippen LogP contribution < -0.4 is 5.32 Å². The number of carbonyl (C=O) groups is 1. The lowest BCUT2D eigenvalue weighted by molar-refractivity contribution is 0.102. The number of oxazole rings is 1. The zero-order chi connectivity index (χ0) is 21.1. The van der Waals surface area contributed by atoms with E-state index in [4.69, 9.17) is 4.42 Å². The minimum Gasteiger partial charge on any atom is -0.441 e. The number of rotatable bonds is 6. The zero-order valence-electron chi connectivity index (χ0n) is 17.2. The molecule has 1 amide bonds. The van der Waals surface area contributed by atoms with Gasteiger partial charge in [0.25, 0.3) is 5.91 Å². The SMILES string of the molecule is CCc1ccccc1NC(=O)c1nnn(Cc2nc(-c3ccccc3)oc2C)c1C. The van der Waals surface area contributed by atoms with Gasteiger partial charge in [0.2, 0.25) is 5.89 Å². The number of para-hydroxylation sites is 1. The van der Waals surface area contributed by atoms with Crippen molar-refractivity contribution < 1.29 is 9.21 Å². The third-order valence-electron chi connectivity index (χ3n) is 5.06. The Labute approximate surface area is 174 Å². The highest BCUT2D eigenvalue weighted by molar-refractivity contribution is 6.03. The summed E-state index contributed by atoms with van der Waals surface area (Å²) in [6.07, 6.45) is 0.831. The van der Waals surface area contributed by atoms with Gasteiger partial charge < -0.3 is 9.73 Å². The normalized spacial score (nSPS) is 10.9. The number of aryl methyl sites for hydroxylation is 2. The van der Waals surface area contributed by atoms with Crippen LogP contribution in [0.5, 0.6) is 0 Å². The molecule has 0 atom stereocenters. The zero-order valence-corrected chi connectivity index (χ0v) is 17.2. The second-order valence-corrected chi connectivity index (χ2v) is 7.03. The maximum Gasteiger partial charge on any atom is 0.278 e. The second-order valence-electron chi connectivity index (χ2n) is 7.03. The number of nitrogens with zero attached hydrogens (tertiary/aromatic N) is 4. The van der Waals surface area contributed by atoms with Gasteiger partial charge in [0.05, 0.1) is 12.2 Å². The highest BCUT2D eigenvalue weighted by Crippen LogP contribution is 2.22. The third kappa shape index (κ3) is 3.87. The molecule has 1 N–H and O–H groups in total. The van der Waals surface area contributed by atoms with E-state index in [9.17, 15) is 4.79 Å². The van der Waals surface area contributed by atoms with E-state index < -0.39 is 0 Å². The molecular weight excluding hydrogens is 378 g/mol. The molecule has 30 heavy (non-hydrogen) atoms. The summed E-state index contributed by atoms with van der Waals surface area (Å²) in [5.41, 5.74) is 4.50. The smallest absolute Gasteiger partial charge is 0.278 e. The van der Waals surface area contributed by atoms with Crippen LogP contribution in [0.3, 0.4) is 0 Å². The number of aromatic nitrogens is 4. The Morgan fingerprint density at radius 3 is 2.57 bits per heavy atom. The van der Waals surface area contributed by atoms with Gasteiger partial charge in [-0.1, -0.05) is 48.5 Å². The molecule has 0 aliphatic rings. The molecule has 4 rings (SSSR count). The summed E-state index contributed by atoms with van der Waals surface area (Å²) >= 11 is 0. The Morgan fingerprint density at radius 1 is 1.07 bits per heavy atom. The molecule has 0 unspecified atom stereocenters. The number of hydrogen-bond donors (Lipinski definition) is 1. The average molecular weight is 401 g/mol.